The Labute approximate surface area is 189 Å². The highest BCUT2D eigenvalue weighted by molar-refractivity contribution is 5.94. The number of ether oxygens (including phenoxy) is 1. The number of alkyl halides is 3. The highest BCUT2D eigenvalue weighted by Crippen LogP contribution is 2.30. The number of pyridine rings is 2. The molecule has 33 heavy (non-hydrogen) atoms. The second kappa shape index (κ2) is 9.29. The van der Waals surface area contributed by atoms with Crippen molar-refractivity contribution in [3.8, 4) is 5.88 Å². The van der Waals surface area contributed by atoms with Crippen LogP contribution in [-0.4, -0.2) is 38.5 Å². The SMILES string of the molecule is CC(C)Oc1cc(C(=O)N[C@H]2CC[C@@H](Nc3cccc4nc(C(F)(F)F)cn34)CC2)ccn1. The van der Waals surface area contributed by atoms with E-state index in [9.17, 15) is 18.0 Å². The lowest BCUT2D eigenvalue weighted by Crippen LogP contribution is -2.40. The standard InChI is InChI=1S/C23H26F3N5O2/c1-14(2)33-21-12-15(10-11-27-21)22(32)29-17-8-6-16(7-9-17)28-19-4-3-5-20-30-18(13-31(19)20)23(24,25)26/h3-5,10-14,16-17,28H,6-9H2,1-2H3,(H,29,32)/t16-,17+. The predicted molar refractivity (Wildman–Crippen MR) is 117 cm³/mol. The van der Waals surface area contributed by atoms with Crippen molar-refractivity contribution in [3.63, 3.8) is 0 Å². The van der Waals surface area contributed by atoms with Gasteiger partial charge in [0, 0.05) is 36.1 Å². The molecule has 10 heteroatoms. The van der Waals surface area contributed by atoms with Crippen molar-refractivity contribution in [3.05, 3.63) is 54.0 Å². The summed E-state index contributed by atoms with van der Waals surface area (Å²) in [6.45, 7) is 3.78. The molecule has 0 spiro atoms. The number of fused-ring (bicyclic) bond motifs is 1. The van der Waals surface area contributed by atoms with E-state index in [0.717, 1.165) is 31.9 Å². The molecule has 1 aliphatic carbocycles. The summed E-state index contributed by atoms with van der Waals surface area (Å²) in [5.74, 6) is 0.802. The van der Waals surface area contributed by atoms with Crippen LogP contribution in [-0.2, 0) is 6.18 Å². The maximum atomic E-state index is 13.0. The molecule has 7 nitrogen and oxygen atoms in total. The Morgan fingerprint density at radius 3 is 2.58 bits per heavy atom. The van der Waals surface area contributed by atoms with Crippen LogP contribution >= 0.6 is 0 Å². The summed E-state index contributed by atoms with van der Waals surface area (Å²) in [5.41, 5.74) is -0.180. The molecule has 0 aromatic carbocycles. The average molecular weight is 461 g/mol. The Morgan fingerprint density at radius 1 is 1.15 bits per heavy atom. The minimum absolute atomic E-state index is 0.0269. The molecule has 1 fully saturated rings. The fourth-order valence-electron chi connectivity index (χ4n) is 3.98. The molecule has 1 amide bonds. The van der Waals surface area contributed by atoms with E-state index in [1.165, 1.54) is 4.40 Å². The largest absolute Gasteiger partial charge is 0.475 e. The van der Waals surface area contributed by atoms with E-state index < -0.39 is 11.9 Å². The number of carbonyl (C=O) groups excluding carboxylic acids is 1. The number of nitrogens with one attached hydrogen (secondary N) is 2. The number of halogens is 3. The van der Waals surface area contributed by atoms with E-state index in [1.807, 2.05) is 13.8 Å². The first-order chi connectivity index (χ1) is 15.7. The summed E-state index contributed by atoms with van der Waals surface area (Å²) < 4.78 is 46.0. The molecule has 3 heterocycles. The lowest BCUT2D eigenvalue weighted by Gasteiger charge is -2.30. The van der Waals surface area contributed by atoms with Crippen molar-refractivity contribution in [2.75, 3.05) is 5.32 Å². The fourth-order valence-corrected chi connectivity index (χ4v) is 3.98. The van der Waals surface area contributed by atoms with Crippen LogP contribution in [0.5, 0.6) is 5.88 Å². The van der Waals surface area contributed by atoms with E-state index in [-0.39, 0.29) is 29.7 Å². The third-order valence-corrected chi connectivity index (χ3v) is 5.55. The van der Waals surface area contributed by atoms with Crippen molar-refractivity contribution >= 4 is 17.4 Å². The van der Waals surface area contributed by atoms with Crippen LogP contribution in [0.2, 0.25) is 0 Å². The second-order valence-electron chi connectivity index (χ2n) is 8.48. The molecule has 176 valence electrons. The molecule has 0 atom stereocenters. The van der Waals surface area contributed by atoms with Crippen LogP contribution in [0.3, 0.4) is 0 Å². The van der Waals surface area contributed by atoms with Crippen LogP contribution in [0, 0.1) is 0 Å². The Balaban J connectivity index is 1.34. The van der Waals surface area contributed by atoms with Crippen LogP contribution in [0.1, 0.15) is 55.6 Å². The first-order valence-electron chi connectivity index (χ1n) is 10.9. The maximum Gasteiger partial charge on any atom is 0.434 e. The summed E-state index contributed by atoms with van der Waals surface area (Å²) >= 11 is 0. The first-order valence-corrected chi connectivity index (χ1v) is 10.9. The number of rotatable bonds is 6. The zero-order valence-electron chi connectivity index (χ0n) is 18.4. The minimum Gasteiger partial charge on any atom is -0.475 e. The van der Waals surface area contributed by atoms with Gasteiger partial charge in [-0.1, -0.05) is 6.07 Å². The van der Waals surface area contributed by atoms with Crippen LogP contribution in [0.15, 0.2) is 42.7 Å². The summed E-state index contributed by atoms with van der Waals surface area (Å²) in [7, 11) is 0. The van der Waals surface area contributed by atoms with Gasteiger partial charge >= 0.3 is 6.18 Å². The van der Waals surface area contributed by atoms with Gasteiger partial charge in [-0.15, -0.1) is 0 Å². The van der Waals surface area contributed by atoms with Gasteiger partial charge in [0.1, 0.15) is 11.5 Å². The monoisotopic (exact) mass is 461 g/mol. The van der Waals surface area contributed by atoms with Gasteiger partial charge in [0.05, 0.1) is 6.10 Å². The molecule has 3 aromatic heterocycles. The van der Waals surface area contributed by atoms with E-state index in [4.69, 9.17) is 4.74 Å². The van der Waals surface area contributed by atoms with E-state index in [0.29, 0.717) is 17.3 Å². The molecular weight excluding hydrogens is 435 g/mol. The first kappa shape index (κ1) is 22.9. The van der Waals surface area contributed by atoms with E-state index in [2.05, 4.69) is 20.6 Å². The molecular formula is C23H26F3N5O2. The Kier molecular flexibility index (Phi) is 6.44. The third kappa shape index (κ3) is 5.55. The number of imidazole rings is 1. The highest BCUT2D eigenvalue weighted by Gasteiger charge is 2.34. The van der Waals surface area contributed by atoms with Gasteiger partial charge in [0.25, 0.3) is 5.91 Å². The van der Waals surface area contributed by atoms with Gasteiger partial charge in [-0.25, -0.2) is 9.97 Å². The van der Waals surface area contributed by atoms with Crippen molar-refractivity contribution in [1.82, 2.24) is 19.7 Å². The van der Waals surface area contributed by atoms with Crippen LogP contribution in [0.4, 0.5) is 19.0 Å². The predicted octanol–water partition coefficient (Wildman–Crippen LogP) is 4.69. The number of aromatic nitrogens is 3. The Bertz CT molecular complexity index is 1120. The molecule has 3 aromatic rings. The molecule has 1 saturated carbocycles. The highest BCUT2D eigenvalue weighted by atomic mass is 19.4. The van der Waals surface area contributed by atoms with Crippen molar-refractivity contribution < 1.29 is 22.7 Å². The molecule has 0 aliphatic heterocycles. The summed E-state index contributed by atoms with van der Waals surface area (Å²) in [5, 5.41) is 6.40. The van der Waals surface area contributed by atoms with Crippen LogP contribution < -0.4 is 15.4 Å². The second-order valence-corrected chi connectivity index (χ2v) is 8.48. The lowest BCUT2D eigenvalue weighted by molar-refractivity contribution is -0.140. The van der Waals surface area contributed by atoms with Crippen LogP contribution in [0.25, 0.3) is 5.65 Å². The van der Waals surface area contributed by atoms with Gasteiger partial charge in [0.15, 0.2) is 5.69 Å². The molecule has 0 bridgehead atoms. The fraction of sp³-hybridized carbons (Fsp3) is 0.435. The smallest absolute Gasteiger partial charge is 0.434 e. The molecule has 4 rings (SSSR count). The van der Waals surface area contributed by atoms with Crippen molar-refractivity contribution in [2.24, 2.45) is 0 Å². The number of anilines is 1. The summed E-state index contributed by atoms with van der Waals surface area (Å²) in [6.07, 6.45) is 1.11. The van der Waals surface area contributed by atoms with Gasteiger partial charge in [-0.2, -0.15) is 13.2 Å². The number of hydrogen-bond donors (Lipinski definition) is 2. The van der Waals surface area contributed by atoms with Gasteiger partial charge in [0.2, 0.25) is 5.88 Å². The molecule has 0 radical (unpaired) electrons. The summed E-state index contributed by atoms with van der Waals surface area (Å²) in [6, 6.07) is 8.36. The van der Waals surface area contributed by atoms with Gasteiger partial charge in [-0.3, -0.25) is 9.20 Å². The quantitative estimate of drug-likeness (QED) is 0.557. The minimum atomic E-state index is -4.49. The number of nitrogens with zero attached hydrogens (tertiary/aromatic N) is 3. The van der Waals surface area contributed by atoms with Gasteiger partial charge in [-0.05, 0) is 57.7 Å². The maximum absolute atomic E-state index is 13.0. The zero-order valence-corrected chi connectivity index (χ0v) is 18.4. The topological polar surface area (TPSA) is 80.5 Å². The molecule has 2 N–H and O–H groups in total. The molecule has 1 aliphatic rings. The Hall–Kier alpha value is -3.30. The zero-order chi connectivity index (χ0) is 23.6. The number of carbonyl (C=O) groups is 1. The number of amides is 1. The average Bonchev–Trinajstić information content (AvgIpc) is 3.21. The van der Waals surface area contributed by atoms with E-state index >= 15 is 0 Å². The third-order valence-electron chi connectivity index (χ3n) is 5.55. The Morgan fingerprint density at radius 2 is 1.88 bits per heavy atom. The molecule has 0 saturated heterocycles. The number of hydrogen-bond acceptors (Lipinski definition) is 5. The summed E-state index contributed by atoms with van der Waals surface area (Å²) in [4.78, 5) is 20.4. The molecule has 0 unspecified atom stereocenters. The van der Waals surface area contributed by atoms with Gasteiger partial charge < -0.3 is 15.4 Å². The van der Waals surface area contributed by atoms with Crippen molar-refractivity contribution in [1.29, 1.82) is 0 Å². The lowest BCUT2D eigenvalue weighted by atomic mass is 9.91. The normalized spacial score (nSPS) is 19.0. The van der Waals surface area contributed by atoms with E-state index in [1.54, 1.807) is 36.5 Å². The van der Waals surface area contributed by atoms with Crippen molar-refractivity contribution in [2.45, 2.75) is 63.9 Å².